The van der Waals surface area contributed by atoms with E-state index in [1.54, 1.807) is 16.8 Å². The molecule has 0 saturated carbocycles. The van der Waals surface area contributed by atoms with Gasteiger partial charge in [0.05, 0.1) is 22.8 Å². The maximum atomic E-state index is 13.0. The van der Waals surface area contributed by atoms with Crippen molar-refractivity contribution in [1.29, 1.82) is 0 Å². The Labute approximate surface area is 187 Å². The molecule has 8 heteroatoms. The predicted molar refractivity (Wildman–Crippen MR) is 119 cm³/mol. The second-order valence-corrected chi connectivity index (χ2v) is 9.02. The van der Waals surface area contributed by atoms with E-state index in [0.717, 1.165) is 35.5 Å². The van der Waals surface area contributed by atoms with Crippen molar-refractivity contribution in [2.45, 2.75) is 53.0 Å². The number of likely N-dealkylation sites (tertiary alicyclic amines) is 1. The number of rotatable bonds is 5. The highest BCUT2D eigenvalue weighted by molar-refractivity contribution is 6.35. The van der Waals surface area contributed by atoms with E-state index in [1.165, 1.54) is 0 Å². The van der Waals surface area contributed by atoms with Crippen LogP contribution in [0.4, 0.5) is 0 Å². The summed E-state index contributed by atoms with van der Waals surface area (Å²) in [6.07, 6.45) is 2.05. The van der Waals surface area contributed by atoms with Crippen LogP contribution >= 0.6 is 23.2 Å². The first-order valence-corrected chi connectivity index (χ1v) is 11.0. The number of piperidine rings is 1. The topological polar surface area (TPSA) is 67.2 Å². The molecule has 1 aromatic carbocycles. The summed E-state index contributed by atoms with van der Waals surface area (Å²) < 4.78 is 1.76. The average Bonchev–Trinajstić information content (AvgIpc) is 2.96. The van der Waals surface area contributed by atoms with Gasteiger partial charge in [-0.3, -0.25) is 9.59 Å². The van der Waals surface area contributed by atoms with E-state index in [0.29, 0.717) is 23.1 Å². The molecule has 1 aliphatic heterocycles. The Hall–Kier alpha value is -2.05. The van der Waals surface area contributed by atoms with Gasteiger partial charge in [0, 0.05) is 41.3 Å². The van der Waals surface area contributed by atoms with Gasteiger partial charge in [0.2, 0.25) is 11.8 Å². The average molecular weight is 451 g/mol. The summed E-state index contributed by atoms with van der Waals surface area (Å²) in [5.41, 5.74) is 3.31. The number of nitrogens with one attached hydrogen (secondary N) is 1. The normalized spacial score (nSPS) is 16.8. The van der Waals surface area contributed by atoms with E-state index in [9.17, 15) is 9.59 Å². The first-order valence-electron chi connectivity index (χ1n) is 10.3. The van der Waals surface area contributed by atoms with E-state index in [-0.39, 0.29) is 30.2 Å². The van der Waals surface area contributed by atoms with Crippen LogP contribution < -0.4 is 5.32 Å². The fourth-order valence-corrected chi connectivity index (χ4v) is 4.26. The van der Waals surface area contributed by atoms with Crippen LogP contribution in [0, 0.1) is 19.8 Å². The van der Waals surface area contributed by atoms with Crippen LogP contribution in [-0.4, -0.2) is 45.6 Å². The quantitative estimate of drug-likeness (QED) is 0.745. The number of aromatic nitrogens is 2. The molecule has 0 spiro atoms. The van der Waals surface area contributed by atoms with Gasteiger partial charge in [-0.05, 0) is 44.9 Å². The third kappa shape index (κ3) is 4.98. The third-order valence-electron chi connectivity index (χ3n) is 5.55. The van der Waals surface area contributed by atoms with Gasteiger partial charge in [0.15, 0.2) is 0 Å². The highest BCUT2D eigenvalue weighted by Crippen LogP contribution is 2.27. The molecule has 0 bridgehead atoms. The molecular formula is C22H28Cl2N4O2. The Morgan fingerprint density at radius 1 is 1.27 bits per heavy atom. The molecule has 1 aromatic heterocycles. The Balaban J connectivity index is 1.74. The molecule has 2 heterocycles. The van der Waals surface area contributed by atoms with Crippen LogP contribution in [0.25, 0.3) is 5.69 Å². The van der Waals surface area contributed by atoms with Crippen LogP contribution in [0.15, 0.2) is 18.2 Å². The number of hydrogen-bond donors (Lipinski definition) is 1. The summed E-state index contributed by atoms with van der Waals surface area (Å²) >= 11 is 12.4. The van der Waals surface area contributed by atoms with Crippen molar-refractivity contribution in [3.63, 3.8) is 0 Å². The molecule has 3 rings (SSSR count). The number of carbonyl (C=O) groups excluding carboxylic acids is 2. The summed E-state index contributed by atoms with van der Waals surface area (Å²) in [7, 11) is 0. The van der Waals surface area contributed by atoms with E-state index >= 15 is 0 Å². The molecule has 1 atom stereocenters. The predicted octanol–water partition coefficient (Wildman–Crippen LogP) is 4.10. The zero-order chi connectivity index (χ0) is 22.0. The lowest BCUT2D eigenvalue weighted by Gasteiger charge is -2.33. The third-order valence-corrected chi connectivity index (χ3v) is 6.09. The van der Waals surface area contributed by atoms with Crippen molar-refractivity contribution in [1.82, 2.24) is 20.0 Å². The smallest absolute Gasteiger partial charge is 0.227 e. The second-order valence-electron chi connectivity index (χ2n) is 8.18. The Morgan fingerprint density at radius 3 is 2.67 bits per heavy atom. The van der Waals surface area contributed by atoms with Crippen molar-refractivity contribution in [3.05, 3.63) is 45.2 Å². The molecule has 0 radical (unpaired) electrons. The Kier molecular flexibility index (Phi) is 7.09. The van der Waals surface area contributed by atoms with Crippen molar-refractivity contribution >= 4 is 35.0 Å². The Bertz CT molecular complexity index is 955. The van der Waals surface area contributed by atoms with Gasteiger partial charge in [0.1, 0.15) is 0 Å². The number of aryl methyl sites for hydroxylation is 1. The van der Waals surface area contributed by atoms with Gasteiger partial charge in [-0.15, -0.1) is 0 Å². The Morgan fingerprint density at radius 2 is 2.00 bits per heavy atom. The SMILES string of the molecule is Cc1nn(-c2ccc(Cl)cc2Cl)c(C)c1CC(=O)N1CCCC(NC(=O)C(C)C)C1. The lowest BCUT2D eigenvalue weighted by atomic mass is 10.0. The molecule has 2 amide bonds. The molecule has 6 nitrogen and oxygen atoms in total. The molecule has 1 fully saturated rings. The van der Waals surface area contributed by atoms with Gasteiger partial charge in [-0.1, -0.05) is 37.0 Å². The van der Waals surface area contributed by atoms with Crippen LogP contribution in [0.2, 0.25) is 10.0 Å². The summed E-state index contributed by atoms with van der Waals surface area (Å²) in [5.74, 6) is 0.0143. The standard InChI is InChI=1S/C22H28Cl2N4O2/c1-13(2)22(30)25-17-6-5-9-27(12-17)21(29)11-18-14(3)26-28(15(18)4)20-8-7-16(23)10-19(20)24/h7-8,10,13,17H,5-6,9,11-12H2,1-4H3,(H,25,30). The minimum Gasteiger partial charge on any atom is -0.351 e. The lowest BCUT2D eigenvalue weighted by Crippen LogP contribution is -2.50. The maximum absolute atomic E-state index is 13.0. The lowest BCUT2D eigenvalue weighted by molar-refractivity contribution is -0.133. The molecule has 1 saturated heterocycles. The summed E-state index contributed by atoms with van der Waals surface area (Å²) in [6, 6.07) is 5.28. The summed E-state index contributed by atoms with van der Waals surface area (Å²) in [5, 5.41) is 8.72. The van der Waals surface area contributed by atoms with Crippen molar-refractivity contribution < 1.29 is 9.59 Å². The maximum Gasteiger partial charge on any atom is 0.227 e. The molecule has 1 unspecified atom stereocenters. The largest absolute Gasteiger partial charge is 0.351 e. The van der Waals surface area contributed by atoms with Gasteiger partial charge in [0.25, 0.3) is 0 Å². The molecule has 30 heavy (non-hydrogen) atoms. The first-order chi connectivity index (χ1) is 14.2. The summed E-state index contributed by atoms with van der Waals surface area (Å²) in [6.45, 7) is 8.84. The minimum atomic E-state index is -0.0630. The van der Waals surface area contributed by atoms with E-state index in [2.05, 4.69) is 10.4 Å². The fraction of sp³-hybridized carbons (Fsp3) is 0.500. The molecule has 1 aliphatic rings. The molecule has 0 aliphatic carbocycles. The first kappa shape index (κ1) is 22.6. The molecule has 162 valence electrons. The van der Waals surface area contributed by atoms with E-state index < -0.39 is 0 Å². The number of halogens is 2. The zero-order valence-corrected chi connectivity index (χ0v) is 19.3. The molecular weight excluding hydrogens is 423 g/mol. The van der Waals surface area contributed by atoms with Crippen LogP contribution in [0.5, 0.6) is 0 Å². The zero-order valence-electron chi connectivity index (χ0n) is 17.8. The van der Waals surface area contributed by atoms with Gasteiger partial charge in [-0.25, -0.2) is 4.68 Å². The van der Waals surface area contributed by atoms with Crippen molar-refractivity contribution in [3.8, 4) is 5.69 Å². The minimum absolute atomic E-state index is 0.00962. The summed E-state index contributed by atoms with van der Waals surface area (Å²) in [4.78, 5) is 26.9. The van der Waals surface area contributed by atoms with Crippen molar-refractivity contribution in [2.24, 2.45) is 5.92 Å². The second kappa shape index (κ2) is 9.40. The highest BCUT2D eigenvalue weighted by Gasteiger charge is 2.27. The van der Waals surface area contributed by atoms with Crippen LogP contribution in [0.3, 0.4) is 0 Å². The van der Waals surface area contributed by atoms with Gasteiger partial charge >= 0.3 is 0 Å². The molecule has 2 aromatic rings. The molecule has 1 N–H and O–H groups in total. The number of benzene rings is 1. The monoisotopic (exact) mass is 450 g/mol. The van der Waals surface area contributed by atoms with Gasteiger partial charge < -0.3 is 10.2 Å². The van der Waals surface area contributed by atoms with Crippen molar-refractivity contribution in [2.75, 3.05) is 13.1 Å². The van der Waals surface area contributed by atoms with Crippen LogP contribution in [0.1, 0.15) is 43.6 Å². The van der Waals surface area contributed by atoms with E-state index in [4.69, 9.17) is 23.2 Å². The van der Waals surface area contributed by atoms with E-state index in [1.807, 2.05) is 38.7 Å². The fourth-order valence-electron chi connectivity index (χ4n) is 3.77. The highest BCUT2D eigenvalue weighted by atomic mass is 35.5. The number of hydrogen-bond acceptors (Lipinski definition) is 3. The number of nitrogens with zero attached hydrogens (tertiary/aromatic N) is 3. The number of amides is 2. The number of carbonyl (C=O) groups is 2. The van der Waals surface area contributed by atoms with Crippen LogP contribution in [-0.2, 0) is 16.0 Å². The van der Waals surface area contributed by atoms with Gasteiger partial charge in [-0.2, -0.15) is 5.10 Å².